The van der Waals surface area contributed by atoms with Gasteiger partial charge >= 0.3 is 0 Å². The van der Waals surface area contributed by atoms with Gasteiger partial charge in [0.15, 0.2) is 11.4 Å². The molecular formula is C23H20N2O5S. The molecule has 1 amide bonds. The van der Waals surface area contributed by atoms with Crippen LogP contribution in [0.5, 0.6) is 0 Å². The fourth-order valence-corrected chi connectivity index (χ4v) is 5.00. The van der Waals surface area contributed by atoms with Crippen LogP contribution in [0.1, 0.15) is 27.9 Å². The number of aliphatic hydroxyl groups is 1. The molecule has 0 aliphatic carbocycles. The molecule has 1 aliphatic heterocycles. The third kappa shape index (κ3) is 3.71. The number of nitrogens with one attached hydrogen (secondary N) is 2. The largest absolute Gasteiger partial charge is 0.375 e. The maximum absolute atomic E-state index is 13.1. The Morgan fingerprint density at radius 1 is 1.00 bits per heavy atom. The first-order chi connectivity index (χ1) is 14.7. The molecule has 1 aliphatic rings. The van der Waals surface area contributed by atoms with Crippen molar-refractivity contribution < 1.29 is 23.1 Å². The molecule has 4 rings (SSSR count). The number of para-hydroxylation sites is 2. The molecule has 8 heteroatoms. The molecular weight excluding hydrogens is 416 g/mol. The normalized spacial score (nSPS) is 17.7. The van der Waals surface area contributed by atoms with Crippen LogP contribution in [0, 0.1) is 6.92 Å². The lowest BCUT2D eigenvalue weighted by Gasteiger charge is -2.21. The number of benzene rings is 3. The van der Waals surface area contributed by atoms with Gasteiger partial charge in [-0.25, -0.2) is 8.42 Å². The SMILES string of the molecule is Cc1ccccc1S(=O)(=O)Nc1ccccc1C(=O)CC1(O)C(=O)Nc2ccccc21. The smallest absolute Gasteiger partial charge is 0.262 e. The zero-order valence-corrected chi connectivity index (χ0v) is 17.4. The number of amides is 1. The molecule has 3 aromatic carbocycles. The number of Topliss-reactive ketones (excluding diaryl/α,β-unsaturated/α-hetero) is 1. The van der Waals surface area contributed by atoms with Crippen LogP contribution < -0.4 is 10.0 Å². The summed E-state index contributed by atoms with van der Waals surface area (Å²) in [6.07, 6.45) is -0.529. The molecule has 3 N–H and O–H groups in total. The van der Waals surface area contributed by atoms with Crippen molar-refractivity contribution in [2.75, 3.05) is 10.0 Å². The van der Waals surface area contributed by atoms with E-state index < -0.39 is 33.7 Å². The molecule has 3 aromatic rings. The van der Waals surface area contributed by atoms with Crippen LogP contribution >= 0.6 is 0 Å². The molecule has 1 heterocycles. The summed E-state index contributed by atoms with van der Waals surface area (Å²) < 4.78 is 28.2. The Balaban J connectivity index is 1.66. The number of fused-ring (bicyclic) bond motifs is 1. The lowest BCUT2D eigenvalue weighted by Crippen LogP contribution is -2.36. The Bertz CT molecular complexity index is 1300. The molecule has 1 unspecified atom stereocenters. The fraction of sp³-hybridized carbons (Fsp3) is 0.130. The number of anilines is 2. The minimum absolute atomic E-state index is 0.0604. The monoisotopic (exact) mass is 436 g/mol. The first kappa shape index (κ1) is 20.8. The Morgan fingerprint density at radius 3 is 2.42 bits per heavy atom. The Labute approximate surface area is 179 Å². The Morgan fingerprint density at radius 2 is 1.65 bits per heavy atom. The van der Waals surface area contributed by atoms with Crippen LogP contribution in [-0.2, 0) is 20.4 Å². The number of carbonyl (C=O) groups is 2. The van der Waals surface area contributed by atoms with Gasteiger partial charge < -0.3 is 10.4 Å². The number of hydrogen-bond acceptors (Lipinski definition) is 5. The predicted molar refractivity (Wildman–Crippen MR) is 116 cm³/mol. The lowest BCUT2D eigenvalue weighted by molar-refractivity contribution is -0.133. The van der Waals surface area contributed by atoms with Crippen LogP contribution in [0.4, 0.5) is 11.4 Å². The maximum Gasteiger partial charge on any atom is 0.262 e. The zero-order chi connectivity index (χ0) is 22.2. The second-order valence-electron chi connectivity index (χ2n) is 7.38. The van der Waals surface area contributed by atoms with Crippen molar-refractivity contribution in [2.45, 2.75) is 23.8 Å². The topological polar surface area (TPSA) is 113 Å². The highest BCUT2D eigenvalue weighted by molar-refractivity contribution is 7.92. The van der Waals surface area contributed by atoms with Crippen molar-refractivity contribution in [3.05, 3.63) is 89.5 Å². The van der Waals surface area contributed by atoms with Gasteiger partial charge in [-0.15, -0.1) is 0 Å². The van der Waals surface area contributed by atoms with E-state index in [2.05, 4.69) is 10.0 Å². The van der Waals surface area contributed by atoms with Crippen LogP contribution in [0.15, 0.2) is 77.7 Å². The second kappa shape index (κ2) is 7.64. The van der Waals surface area contributed by atoms with Crippen molar-refractivity contribution in [3.63, 3.8) is 0 Å². The molecule has 31 heavy (non-hydrogen) atoms. The van der Waals surface area contributed by atoms with Crippen molar-refractivity contribution >= 4 is 33.1 Å². The molecule has 0 saturated carbocycles. The minimum atomic E-state index is -3.95. The van der Waals surface area contributed by atoms with Gasteiger partial charge in [0.25, 0.3) is 15.9 Å². The fourth-order valence-electron chi connectivity index (χ4n) is 3.68. The summed E-state index contributed by atoms with van der Waals surface area (Å²) >= 11 is 0. The summed E-state index contributed by atoms with van der Waals surface area (Å²) in [7, 11) is -3.95. The van der Waals surface area contributed by atoms with Gasteiger partial charge in [-0.3, -0.25) is 14.3 Å². The van der Waals surface area contributed by atoms with E-state index in [9.17, 15) is 23.1 Å². The van der Waals surface area contributed by atoms with Gasteiger partial charge in [0.1, 0.15) is 0 Å². The molecule has 0 bridgehead atoms. The summed E-state index contributed by atoms with van der Waals surface area (Å²) in [5, 5.41) is 13.6. The number of rotatable bonds is 6. The van der Waals surface area contributed by atoms with Gasteiger partial charge in [0, 0.05) is 16.8 Å². The summed E-state index contributed by atoms with van der Waals surface area (Å²) in [4.78, 5) is 25.6. The van der Waals surface area contributed by atoms with Crippen molar-refractivity contribution in [2.24, 2.45) is 0 Å². The Hall–Kier alpha value is -3.49. The molecule has 7 nitrogen and oxygen atoms in total. The van der Waals surface area contributed by atoms with E-state index in [1.165, 1.54) is 18.2 Å². The molecule has 0 saturated heterocycles. The van der Waals surface area contributed by atoms with E-state index in [-0.39, 0.29) is 16.1 Å². The van der Waals surface area contributed by atoms with E-state index in [1.54, 1.807) is 61.5 Å². The van der Waals surface area contributed by atoms with Crippen LogP contribution in [0.2, 0.25) is 0 Å². The average molecular weight is 436 g/mol. The van der Waals surface area contributed by atoms with E-state index >= 15 is 0 Å². The van der Waals surface area contributed by atoms with E-state index in [1.807, 2.05) is 0 Å². The average Bonchev–Trinajstić information content (AvgIpc) is 2.98. The Kier molecular flexibility index (Phi) is 5.12. The van der Waals surface area contributed by atoms with Crippen molar-refractivity contribution in [1.29, 1.82) is 0 Å². The second-order valence-corrected chi connectivity index (χ2v) is 9.03. The molecule has 0 fully saturated rings. The zero-order valence-electron chi connectivity index (χ0n) is 16.6. The van der Waals surface area contributed by atoms with Crippen molar-refractivity contribution in [1.82, 2.24) is 0 Å². The minimum Gasteiger partial charge on any atom is -0.375 e. The molecule has 0 spiro atoms. The van der Waals surface area contributed by atoms with E-state index in [0.29, 0.717) is 16.8 Å². The first-order valence-corrected chi connectivity index (χ1v) is 11.0. The van der Waals surface area contributed by atoms with Gasteiger partial charge in [0.05, 0.1) is 17.0 Å². The highest BCUT2D eigenvalue weighted by Crippen LogP contribution is 2.39. The summed E-state index contributed by atoms with van der Waals surface area (Å²) in [6, 6.07) is 19.2. The van der Waals surface area contributed by atoms with Crippen molar-refractivity contribution in [3.8, 4) is 0 Å². The van der Waals surface area contributed by atoms with E-state index in [0.717, 1.165) is 0 Å². The quantitative estimate of drug-likeness (QED) is 0.514. The molecule has 1 atom stereocenters. The maximum atomic E-state index is 13.1. The number of ketones is 1. The summed E-state index contributed by atoms with van der Waals surface area (Å²) in [5.74, 6) is -1.27. The number of carbonyl (C=O) groups excluding carboxylic acids is 2. The predicted octanol–water partition coefficient (Wildman–Crippen LogP) is 3.21. The third-order valence-electron chi connectivity index (χ3n) is 5.27. The third-order valence-corrected chi connectivity index (χ3v) is 6.79. The van der Waals surface area contributed by atoms with Crippen LogP contribution in [0.25, 0.3) is 0 Å². The van der Waals surface area contributed by atoms with Crippen LogP contribution in [-0.4, -0.2) is 25.2 Å². The number of aryl methyl sites for hydroxylation is 1. The highest BCUT2D eigenvalue weighted by Gasteiger charge is 2.46. The van der Waals surface area contributed by atoms with Gasteiger partial charge in [-0.1, -0.05) is 48.5 Å². The standard InChI is InChI=1S/C23H20N2O5S/c1-15-8-2-7-13-21(15)31(29,30)25-18-11-5-3-9-16(18)20(26)14-23(28)17-10-4-6-12-19(17)24-22(23)27/h2-13,25,28H,14H2,1H3,(H,24,27). The highest BCUT2D eigenvalue weighted by atomic mass is 32.2. The number of hydrogen-bond donors (Lipinski definition) is 3. The summed E-state index contributed by atoms with van der Waals surface area (Å²) in [6.45, 7) is 1.68. The molecule has 0 radical (unpaired) electrons. The van der Waals surface area contributed by atoms with Gasteiger partial charge in [-0.2, -0.15) is 0 Å². The summed E-state index contributed by atoms with van der Waals surface area (Å²) in [5.41, 5.74) is -0.582. The molecule has 158 valence electrons. The lowest BCUT2D eigenvalue weighted by atomic mass is 9.88. The van der Waals surface area contributed by atoms with Gasteiger partial charge in [0.2, 0.25) is 0 Å². The van der Waals surface area contributed by atoms with Gasteiger partial charge in [-0.05, 0) is 36.8 Å². The first-order valence-electron chi connectivity index (χ1n) is 9.56. The molecule has 0 aromatic heterocycles. The number of sulfonamides is 1. The van der Waals surface area contributed by atoms with E-state index in [4.69, 9.17) is 0 Å². The van der Waals surface area contributed by atoms with Crippen LogP contribution in [0.3, 0.4) is 0 Å².